The van der Waals surface area contributed by atoms with E-state index in [-0.39, 0.29) is 5.97 Å². The molecule has 0 aliphatic rings. The van der Waals surface area contributed by atoms with Gasteiger partial charge in [0, 0.05) is 17.6 Å². The zero-order valence-corrected chi connectivity index (χ0v) is 14.5. The van der Waals surface area contributed by atoms with Gasteiger partial charge in [-0.3, -0.25) is 0 Å². The Morgan fingerprint density at radius 1 is 1.00 bits per heavy atom. The molecule has 0 atom stereocenters. The summed E-state index contributed by atoms with van der Waals surface area (Å²) < 4.78 is 4.72. The van der Waals surface area contributed by atoms with Crippen molar-refractivity contribution in [2.75, 3.05) is 19.0 Å². The van der Waals surface area contributed by atoms with Crippen molar-refractivity contribution in [2.45, 2.75) is 6.92 Å². The number of carbonyl (C=O) groups excluding carboxylic acids is 1. The van der Waals surface area contributed by atoms with Gasteiger partial charge in [0.25, 0.3) is 0 Å². The number of fused-ring (bicyclic) bond motifs is 1. The average Bonchev–Trinajstić information content (AvgIpc) is 2.66. The molecule has 0 aromatic heterocycles. The van der Waals surface area contributed by atoms with Crippen molar-refractivity contribution in [1.82, 2.24) is 0 Å². The molecular formula is C22H21NO2. The van der Waals surface area contributed by atoms with Gasteiger partial charge in [0.15, 0.2) is 0 Å². The van der Waals surface area contributed by atoms with Crippen molar-refractivity contribution >= 4 is 28.5 Å². The maximum absolute atomic E-state index is 11.5. The van der Waals surface area contributed by atoms with Gasteiger partial charge in [-0.2, -0.15) is 0 Å². The normalized spacial score (nSPS) is 11.4. The van der Waals surface area contributed by atoms with E-state index in [0.717, 1.165) is 17.8 Å². The van der Waals surface area contributed by atoms with Crippen LogP contribution in [-0.2, 0) is 4.74 Å². The lowest BCUT2D eigenvalue weighted by molar-refractivity contribution is 0.0600. The number of hydrogen-bond donors (Lipinski definition) is 1. The summed E-state index contributed by atoms with van der Waals surface area (Å²) in [7, 11) is 1.39. The van der Waals surface area contributed by atoms with E-state index in [1.54, 1.807) is 12.1 Å². The molecule has 126 valence electrons. The van der Waals surface area contributed by atoms with Gasteiger partial charge < -0.3 is 10.1 Å². The number of esters is 1. The fourth-order valence-electron chi connectivity index (χ4n) is 2.78. The number of anilines is 1. The largest absolute Gasteiger partial charge is 0.465 e. The zero-order valence-electron chi connectivity index (χ0n) is 14.5. The monoisotopic (exact) mass is 331 g/mol. The molecule has 0 aliphatic heterocycles. The first-order chi connectivity index (χ1) is 12.2. The SMILES string of the molecule is COC(=O)c1ccc(/C=C(\C)CNc2cccc3ccccc23)cc1. The van der Waals surface area contributed by atoms with Gasteiger partial charge >= 0.3 is 5.97 Å². The van der Waals surface area contributed by atoms with E-state index in [9.17, 15) is 4.79 Å². The summed E-state index contributed by atoms with van der Waals surface area (Å²) in [5.41, 5.74) is 3.96. The van der Waals surface area contributed by atoms with Crippen LogP contribution in [0.5, 0.6) is 0 Å². The van der Waals surface area contributed by atoms with Gasteiger partial charge in [-0.25, -0.2) is 4.79 Å². The molecule has 0 radical (unpaired) electrons. The van der Waals surface area contributed by atoms with Crippen molar-refractivity contribution in [3.63, 3.8) is 0 Å². The molecule has 1 N–H and O–H groups in total. The Morgan fingerprint density at radius 2 is 1.72 bits per heavy atom. The second-order valence-electron chi connectivity index (χ2n) is 5.98. The number of ether oxygens (including phenoxy) is 1. The molecule has 0 spiro atoms. The Hall–Kier alpha value is -3.07. The van der Waals surface area contributed by atoms with Gasteiger partial charge in [0.1, 0.15) is 0 Å². The lowest BCUT2D eigenvalue weighted by atomic mass is 10.1. The van der Waals surface area contributed by atoms with E-state index in [4.69, 9.17) is 4.74 Å². The van der Waals surface area contributed by atoms with E-state index < -0.39 is 0 Å². The molecular weight excluding hydrogens is 310 g/mol. The number of hydrogen-bond acceptors (Lipinski definition) is 3. The van der Waals surface area contributed by atoms with Crippen molar-refractivity contribution in [1.29, 1.82) is 0 Å². The third kappa shape index (κ3) is 4.07. The minimum absolute atomic E-state index is 0.315. The summed E-state index contributed by atoms with van der Waals surface area (Å²) in [6.45, 7) is 2.85. The highest BCUT2D eigenvalue weighted by Crippen LogP contribution is 2.23. The molecule has 0 saturated heterocycles. The summed E-state index contributed by atoms with van der Waals surface area (Å²) >= 11 is 0. The maximum Gasteiger partial charge on any atom is 0.337 e. The number of carbonyl (C=O) groups is 1. The second kappa shape index (κ2) is 7.67. The van der Waals surface area contributed by atoms with Gasteiger partial charge in [0.05, 0.1) is 12.7 Å². The Bertz CT molecular complexity index is 905. The van der Waals surface area contributed by atoms with Crippen molar-refractivity contribution in [3.8, 4) is 0 Å². The molecule has 3 aromatic rings. The molecule has 3 nitrogen and oxygen atoms in total. The third-order valence-corrected chi connectivity index (χ3v) is 4.09. The van der Waals surface area contributed by atoms with Gasteiger partial charge in [0.2, 0.25) is 0 Å². The third-order valence-electron chi connectivity index (χ3n) is 4.09. The smallest absolute Gasteiger partial charge is 0.337 e. The predicted molar refractivity (Wildman–Crippen MR) is 104 cm³/mol. The lowest BCUT2D eigenvalue weighted by Gasteiger charge is -2.10. The fourth-order valence-corrected chi connectivity index (χ4v) is 2.78. The highest BCUT2D eigenvalue weighted by Gasteiger charge is 2.04. The van der Waals surface area contributed by atoms with Gasteiger partial charge in [-0.05, 0) is 36.1 Å². The highest BCUT2D eigenvalue weighted by molar-refractivity contribution is 5.94. The van der Waals surface area contributed by atoms with Crippen LogP contribution >= 0.6 is 0 Å². The van der Waals surface area contributed by atoms with E-state index in [2.05, 4.69) is 60.8 Å². The zero-order chi connectivity index (χ0) is 17.6. The fraction of sp³-hybridized carbons (Fsp3) is 0.136. The van der Waals surface area contributed by atoms with Crippen LogP contribution in [0.25, 0.3) is 16.8 Å². The minimum Gasteiger partial charge on any atom is -0.465 e. The molecule has 3 aromatic carbocycles. The van der Waals surface area contributed by atoms with E-state index in [1.807, 2.05) is 12.1 Å². The summed E-state index contributed by atoms with van der Waals surface area (Å²) in [5.74, 6) is -0.315. The van der Waals surface area contributed by atoms with Crippen LogP contribution in [0.15, 0.2) is 72.3 Å². The van der Waals surface area contributed by atoms with Crippen LogP contribution in [0.1, 0.15) is 22.8 Å². The number of benzene rings is 3. The van der Waals surface area contributed by atoms with Gasteiger partial charge in [-0.15, -0.1) is 0 Å². The number of nitrogens with one attached hydrogen (secondary N) is 1. The molecule has 0 bridgehead atoms. The van der Waals surface area contributed by atoms with Crippen molar-refractivity contribution in [3.05, 3.63) is 83.4 Å². The van der Waals surface area contributed by atoms with Crippen LogP contribution in [-0.4, -0.2) is 19.6 Å². The summed E-state index contributed by atoms with van der Waals surface area (Å²) in [6.07, 6.45) is 2.11. The summed E-state index contributed by atoms with van der Waals surface area (Å²) in [4.78, 5) is 11.5. The minimum atomic E-state index is -0.315. The Kier molecular flexibility index (Phi) is 5.14. The molecule has 25 heavy (non-hydrogen) atoms. The van der Waals surface area contributed by atoms with Crippen LogP contribution in [0.2, 0.25) is 0 Å². The maximum atomic E-state index is 11.5. The number of methoxy groups -OCH3 is 1. The van der Waals surface area contributed by atoms with Crippen LogP contribution in [0.3, 0.4) is 0 Å². The topological polar surface area (TPSA) is 38.3 Å². The number of rotatable bonds is 5. The Balaban J connectivity index is 1.70. The molecule has 0 amide bonds. The average molecular weight is 331 g/mol. The molecule has 0 aliphatic carbocycles. The molecule has 0 fully saturated rings. The molecule has 0 saturated carbocycles. The Labute approximate surface area is 147 Å². The molecule has 3 rings (SSSR count). The highest BCUT2D eigenvalue weighted by atomic mass is 16.5. The van der Waals surface area contributed by atoms with Crippen molar-refractivity contribution in [2.24, 2.45) is 0 Å². The van der Waals surface area contributed by atoms with E-state index in [0.29, 0.717) is 5.56 Å². The van der Waals surface area contributed by atoms with E-state index >= 15 is 0 Å². The standard InChI is InChI=1S/C22H21NO2/c1-16(14-17-10-12-19(13-11-17)22(24)25-2)15-23-21-9-5-7-18-6-3-4-8-20(18)21/h3-14,23H,15H2,1-2H3/b16-14+. The second-order valence-corrected chi connectivity index (χ2v) is 5.98. The van der Waals surface area contributed by atoms with Crippen LogP contribution in [0.4, 0.5) is 5.69 Å². The first-order valence-corrected chi connectivity index (χ1v) is 8.24. The lowest BCUT2D eigenvalue weighted by Crippen LogP contribution is -2.03. The van der Waals surface area contributed by atoms with Crippen molar-refractivity contribution < 1.29 is 9.53 Å². The first-order valence-electron chi connectivity index (χ1n) is 8.24. The Morgan fingerprint density at radius 3 is 2.48 bits per heavy atom. The molecule has 0 unspecified atom stereocenters. The quantitative estimate of drug-likeness (QED) is 0.658. The summed E-state index contributed by atoms with van der Waals surface area (Å²) in [6, 6.07) is 22.0. The first kappa shape index (κ1) is 16.8. The molecule has 3 heteroatoms. The van der Waals surface area contributed by atoms with Gasteiger partial charge in [-0.1, -0.05) is 60.2 Å². The van der Waals surface area contributed by atoms with Crippen LogP contribution < -0.4 is 5.32 Å². The molecule has 0 heterocycles. The predicted octanol–water partition coefficient (Wildman–Crippen LogP) is 5.14. The van der Waals surface area contributed by atoms with Crippen LogP contribution in [0, 0.1) is 0 Å². The summed E-state index contributed by atoms with van der Waals surface area (Å²) in [5, 5.41) is 5.96. The van der Waals surface area contributed by atoms with E-state index in [1.165, 1.54) is 23.5 Å².